The van der Waals surface area contributed by atoms with Gasteiger partial charge in [0.25, 0.3) is 0 Å². The topological polar surface area (TPSA) is 52.7 Å². The van der Waals surface area contributed by atoms with Crippen molar-refractivity contribution in [2.75, 3.05) is 13.1 Å². The molecule has 0 aliphatic carbocycles. The van der Waals surface area contributed by atoms with Gasteiger partial charge in [0, 0.05) is 18.4 Å². The Balaban J connectivity index is 1.84. The predicted octanol–water partition coefficient (Wildman–Crippen LogP) is 1.20. The summed E-state index contributed by atoms with van der Waals surface area (Å²) in [6, 6.07) is 0.947. The number of aromatic nitrogens is 2. The van der Waals surface area contributed by atoms with Crippen molar-refractivity contribution in [3.8, 4) is 0 Å². The molecule has 0 bridgehead atoms. The number of aromatic amines is 1. The molecule has 15 heavy (non-hydrogen) atoms. The van der Waals surface area contributed by atoms with E-state index in [1.807, 2.05) is 12.4 Å². The second kappa shape index (κ2) is 5.28. The molecular weight excluding hydrogens is 188 g/mol. The molecule has 84 valence electrons. The van der Waals surface area contributed by atoms with Gasteiger partial charge in [-0.3, -0.25) is 0 Å². The zero-order valence-corrected chi connectivity index (χ0v) is 9.29. The lowest BCUT2D eigenvalue weighted by Crippen LogP contribution is -2.32. The molecule has 1 aliphatic rings. The van der Waals surface area contributed by atoms with Gasteiger partial charge in [0.05, 0.1) is 6.04 Å². The molecule has 2 unspecified atom stereocenters. The summed E-state index contributed by atoms with van der Waals surface area (Å²) in [5, 5.41) is 7.05. The zero-order chi connectivity index (χ0) is 10.5. The maximum absolute atomic E-state index is 4.27. The van der Waals surface area contributed by atoms with Crippen molar-refractivity contribution in [1.82, 2.24) is 20.6 Å². The molecule has 4 nitrogen and oxygen atoms in total. The van der Waals surface area contributed by atoms with Gasteiger partial charge in [-0.15, -0.1) is 0 Å². The molecular formula is C11H20N4. The molecule has 2 heterocycles. The Hall–Kier alpha value is -0.870. The highest BCUT2D eigenvalue weighted by molar-refractivity contribution is 4.94. The lowest BCUT2D eigenvalue weighted by molar-refractivity contribution is 0.412. The molecule has 0 aromatic carbocycles. The predicted molar refractivity (Wildman–Crippen MR) is 60.6 cm³/mol. The molecule has 3 N–H and O–H groups in total. The summed E-state index contributed by atoms with van der Waals surface area (Å²) in [6.07, 6.45) is 7.43. The van der Waals surface area contributed by atoms with E-state index in [-0.39, 0.29) is 0 Å². The van der Waals surface area contributed by atoms with Crippen LogP contribution in [0.4, 0.5) is 0 Å². The number of nitrogens with one attached hydrogen (secondary N) is 3. The van der Waals surface area contributed by atoms with Crippen molar-refractivity contribution in [1.29, 1.82) is 0 Å². The first-order chi connectivity index (χ1) is 7.36. The summed E-state index contributed by atoms with van der Waals surface area (Å²) < 4.78 is 0. The van der Waals surface area contributed by atoms with Gasteiger partial charge in [-0.2, -0.15) is 0 Å². The fourth-order valence-corrected chi connectivity index (χ4v) is 2.13. The van der Waals surface area contributed by atoms with Crippen LogP contribution in [0.15, 0.2) is 12.4 Å². The lowest BCUT2D eigenvalue weighted by Gasteiger charge is -2.20. The Morgan fingerprint density at radius 3 is 3.20 bits per heavy atom. The molecule has 0 radical (unpaired) electrons. The quantitative estimate of drug-likeness (QED) is 0.699. The van der Waals surface area contributed by atoms with Gasteiger partial charge in [0.2, 0.25) is 0 Å². The van der Waals surface area contributed by atoms with Crippen LogP contribution < -0.4 is 10.6 Å². The number of nitrogens with zero attached hydrogens (tertiary/aromatic N) is 1. The van der Waals surface area contributed by atoms with Crippen LogP contribution in [0.25, 0.3) is 0 Å². The zero-order valence-electron chi connectivity index (χ0n) is 9.29. The van der Waals surface area contributed by atoms with E-state index in [4.69, 9.17) is 0 Å². The Morgan fingerprint density at radius 2 is 2.40 bits per heavy atom. The van der Waals surface area contributed by atoms with Gasteiger partial charge in [-0.05, 0) is 39.3 Å². The van der Waals surface area contributed by atoms with E-state index in [0.29, 0.717) is 12.1 Å². The molecule has 1 aliphatic heterocycles. The summed E-state index contributed by atoms with van der Waals surface area (Å²) in [7, 11) is 0. The fraction of sp³-hybridized carbons (Fsp3) is 0.727. The van der Waals surface area contributed by atoms with Gasteiger partial charge < -0.3 is 15.6 Å². The standard InChI is InChI=1S/C11H20N4/c1-9(11-13-7-8-14-11)15-10-3-2-5-12-6-4-10/h7-10,12,15H,2-6H2,1H3,(H,13,14). The average Bonchev–Trinajstić information content (AvgIpc) is 2.65. The maximum atomic E-state index is 4.27. The van der Waals surface area contributed by atoms with Crippen LogP contribution in [0.2, 0.25) is 0 Å². The van der Waals surface area contributed by atoms with E-state index in [0.717, 1.165) is 18.9 Å². The van der Waals surface area contributed by atoms with Crippen LogP contribution in [-0.4, -0.2) is 29.1 Å². The highest BCUT2D eigenvalue weighted by atomic mass is 15.0. The molecule has 2 rings (SSSR count). The van der Waals surface area contributed by atoms with E-state index in [2.05, 4.69) is 27.5 Å². The molecule has 4 heteroatoms. The largest absolute Gasteiger partial charge is 0.347 e. The highest BCUT2D eigenvalue weighted by Gasteiger charge is 2.15. The second-order valence-electron chi connectivity index (χ2n) is 4.24. The van der Waals surface area contributed by atoms with E-state index in [1.54, 1.807) is 0 Å². The van der Waals surface area contributed by atoms with Crippen molar-refractivity contribution < 1.29 is 0 Å². The number of imidazole rings is 1. The maximum Gasteiger partial charge on any atom is 0.122 e. The Bertz CT molecular complexity index is 262. The van der Waals surface area contributed by atoms with Crippen LogP contribution in [0.1, 0.15) is 38.1 Å². The molecule has 1 aromatic heterocycles. The third-order valence-corrected chi connectivity index (χ3v) is 2.99. The lowest BCUT2D eigenvalue weighted by atomic mass is 10.1. The number of H-pyrrole nitrogens is 1. The van der Waals surface area contributed by atoms with Crippen LogP contribution in [0, 0.1) is 0 Å². The fourth-order valence-electron chi connectivity index (χ4n) is 2.13. The summed E-state index contributed by atoms with van der Waals surface area (Å²) in [5.41, 5.74) is 0. The van der Waals surface area contributed by atoms with Crippen LogP contribution in [-0.2, 0) is 0 Å². The van der Waals surface area contributed by atoms with Gasteiger partial charge in [-0.1, -0.05) is 0 Å². The van der Waals surface area contributed by atoms with Crippen LogP contribution in [0.5, 0.6) is 0 Å². The van der Waals surface area contributed by atoms with E-state index >= 15 is 0 Å². The molecule has 1 aromatic rings. The molecule has 0 amide bonds. The van der Waals surface area contributed by atoms with Gasteiger partial charge in [0.1, 0.15) is 5.82 Å². The SMILES string of the molecule is CC(NC1CCCNCC1)c1ncc[nH]1. The molecule has 1 fully saturated rings. The Kier molecular flexibility index (Phi) is 3.75. The van der Waals surface area contributed by atoms with Crippen molar-refractivity contribution in [3.05, 3.63) is 18.2 Å². The molecule has 2 atom stereocenters. The van der Waals surface area contributed by atoms with Gasteiger partial charge >= 0.3 is 0 Å². The van der Waals surface area contributed by atoms with Crippen LogP contribution in [0.3, 0.4) is 0 Å². The number of rotatable bonds is 3. The van der Waals surface area contributed by atoms with Crippen molar-refractivity contribution in [2.24, 2.45) is 0 Å². The Morgan fingerprint density at radius 1 is 1.47 bits per heavy atom. The van der Waals surface area contributed by atoms with Crippen LogP contribution >= 0.6 is 0 Å². The number of hydrogen-bond donors (Lipinski definition) is 3. The highest BCUT2D eigenvalue weighted by Crippen LogP contribution is 2.12. The van der Waals surface area contributed by atoms with E-state index in [1.165, 1.54) is 19.3 Å². The summed E-state index contributed by atoms with van der Waals surface area (Å²) >= 11 is 0. The Labute approximate surface area is 90.9 Å². The summed E-state index contributed by atoms with van der Waals surface area (Å²) in [5.74, 6) is 1.03. The minimum absolute atomic E-state index is 0.322. The number of hydrogen-bond acceptors (Lipinski definition) is 3. The third-order valence-electron chi connectivity index (χ3n) is 2.99. The molecule has 1 saturated heterocycles. The first-order valence-electron chi connectivity index (χ1n) is 5.82. The van der Waals surface area contributed by atoms with E-state index < -0.39 is 0 Å². The van der Waals surface area contributed by atoms with Crippen molar-refractivity contribution in [2.45, 2.75) is 38.3 Å². The van der Waals surface area contributed by atoms with Crippen molar-refractivity contribution >= 4 is 0 Å². The first kappa shape index (κ1) is 10.6. The molecule has 0 spiro atoms. The van der Waals surface area contributed by atoms with Gasteiger partial charge in [0.15, 0.2) is 0 Å². The van der Waals surface area contributed by atoms with E-state index in [9.17, 15) is 0 Å². The summed E-state index contributed by atoms with van der Waals surface area (Å²) in [6.45, 7) is 4.45. The minimum atomic E-state index is 0.322. The van der Waals surface area contributed by atoms with Crippen molar-refractivity contribution in [3.63, 3.8) is 0 Å². The smallest absolute Gasteiger partial charge is 0.122 e. The minimum Gasteiger partial charge on any atom is -0.347 e. The molecule has 0 saturated carbocycles. The third kappa shape index (κ3) is 3.04. The first-order valence-corrected chi connectivity index (χ1v) is 5.82. The monoisotopic (exact) mass is 208 g/mol. The second-order valence-corrected chi connectivity index (χ2v) is 4.24. The average molecular weight is 208 g/mol. The van der Waals surface area contributed by atoms with Gasteiger partial charge in [-0.25, -0.2) is 4.98 Å². The normalized spacial score (nSPS) is 24.7. The summed E-state index contributed by atoms with van der Waals surface area (Å²) in [4.78, 5) is 7.42.